The summed E-state index contributed by atoms with van der Waals surface area (Å²) in [5.41, 5.74) is 2.52. The Bertz CT molecular complexity index is 509. The second-order valence-corrected chi connectivity index (χ2v) is 7.50. The van der Waals surface area contributed by atoms with Crippen molar-refractivity contribution in [2.24, 2.45) is 5.92 Å². The molecule has 0 N–H and O–H groups in total. The van der Waals surface area contributed by atoms with Crippen molar-refractivity contribution >= 4 is 5.91 Å². The number of rotatable bonds is 4. The van der Waals surface area contributed by atoms with Crippen molar-refractivity contribution < 1.29 is 4.79 Å². The van der Waals surface area contributed by atoms with Crippen molar-refractivity contribution in [1.82, 2.24) is 9.80 Å². The lowest BCUT2D eigenvalue weighted by Gasteiger charge is -2.39. The van der Waals surface area contributed by atoms with Crippen molar-refractivity contribution in [3.8, 4) is 0 Å². The number of benzene rings is 1. The summed E-state index contributed by atoms with van der Waals surface area (Å²) in [6, 6.07) is 9.51. The topological polar surface area (TPSA) is 23.6 Å². The number of fused-ring (bicyclic) bond motifs is 2. The molecule has 3 rings (SSSR count). The van der Waals surface area contributed by atoms with Gasteiger partial charge in [0.05, 0.1) is 6.42 Å². The first-order chi connectivity index (χ1) is 10.5. The standard InChI is InChI=1S/C19H28N2O/c1-14(2)10-15-4-6-16(7-5-15)11-19(22)21-17-8-9-18(21)13-20(3)12-17/h4-7,14,17-18H,8-13H2,1-3H3. The smallest absolute Gasteiger partial charge is 0.227 e. The molecule has 0 aliphatic carbocycles. The first kappa shape index (κ1) is 15.5. The van der Waals surface area contributed by atoms with Crippen LogP contribution < -0.4 is 0 Å². The van der Waals surface area contributed by atoms with Gasteiger partial charge in [-0.25, -0.2) is 0 Å². The first-order valence-corrected chi connectivity index (χ1v) is 8.60. The quantitative estimate of drug-likeness (QED) is 0.853. The number of likely N-dealkylation sites (tertiary alicyclic amines) is 1. The molecule has 2 fully saturated rings. The Labute approximate surface area is 134 Å². The van der Waals surface area contributed by atoms with Crippen LogP contribution in [-0.2, 0) is 17.6 Å². The average molecular weight is 300 g/mol. The average Bonchev–Trinajstić information content (AvgIpc) is 2.73. The fourth-order valence-electron chi connectivity index (χ4n) is 4.05. The van der Waals surface area contributed by atoms with Crippen molar-refractivity contribution in [3.05, 3.63) is 35.4 Å². The van der Waals surface area contributed by atoms with Crippen LogP contribution in [0.15, 0.2) is 24.3 Å². The number of hydrogen-bond acceptors (Lipinski definition) is 2. The summed E-state index contributed by atoms with van der Waals surface area (Å²) in [4.78, 5) is 17.3. The molecule has 1 aromatic rings. The number of carbonyl (C=O) groups is 1. The zero-order chi connectivity index (χ0) is 15.7. The van der Waals surface area contributed by atoms with Crippen LogP contribution in [0.5, 0.6) is 0 Å². The lowest BCUT2D eigenvalue weighted by Crippen LogP contribution is -2.55. The zero-order valence-corrected chi connectivity index (χ0v) is 14.1. The summed E-state index contributed by atoms with van der Waals surface area (Å²) in [7, 11) is 2.17. The Hall–Kier alpha value is -1.35. The summed E-state index contributed by atoms with van der Waals surface area (Å²) in [5.74, 6) is 0.991. The Morgan fingerprint density at radius 2 is 1.64 bits per heavy atom. The van der Waals surface area contributed by atoms with E-state index < -0.39 is 0 Å². The largest absolute Gasteiger partial charge is 0.334 e. The second-order valence-electron chi connectivity index (χ2n) is 7.50. The molecule has 2 aliphatic heterocycles. The Kier molecular flexibility index (Phi) is 4.53. The van der Waals surface area contributed by atoms with E-state index in [2.05, 4.69) is 55.0 Å². The molecule has 3 nitrogen and oxygen atoms in total. The number of nitrogens with zero attached hydrogens (tertiary/aromatic N) is 2. The molecular formula is C19H28N2O. The molecule has 2 aliphatic rings. The maximum Gasteiger partial charge on any atom is 0.227 e. The van der Waals surface area contributed by atoms with Crippen molar-refractivity contribution in [2.75, 3.05) is 20.1 Å². The SMILES string of the molecule is CC(C)Cc1ccc(CC(=O)N2C3CCC2CN(C)C3)cc1. The predicted octanol–water partition coefficient (Wildman–Crippen LogP) is 2.73. The summed E-state index contributed by atoms with van der Waals surface area (Å²) in [6.45, 7) is 6.55. The van der Waals surface area contributed by atoms with E-state index in [1.165, 1.54) is 18.4 Å². The second kappa shape index (κ2) is 6.41. The van der Waals surface area contributed by atoms with E-state index in [1.54, 1.807) is 0 Å². The Morgan fingerprint density at radius 1 is 1.09 bits per heavy atom. The van der Waals surface area contributed by atoms with Gasteiger partial charge in [0.2, 0.25) is 5.91 Å². The van der Waals surface area contributed by atoms with Gasteiger partial charge in [-0.2, -0.15) is 0 Å². The molecular weight excluding hydrogens is 272 g/mol. The van der Waals surface area contributed by atoms with Crippen molar-refractivity contribution in [1.29, 1.82) is 0 Å². The molecule has 2 unspecified atom stereocenters. The van der Waals surface area contributed by atoms with Crippen LogP contribution in [-0.4, -0.2) is 47.9 Å². The maximum atomic E-state index is 12.7. The third kappa shape index (κ3) is 3.35. The molecule has 1 aromatic carbocycles. The number of piperazine rings is 1. The molecule has 0 spiro atoms. The van der Waals surface area contributed by atoms with Gasteiger partial charge >= 0.3 is 0 Å². The lowest BCUT2D eigenvalue weighted by atomic mass is 10.0. The zero-order valence-electron chi connectivity index (χ0n) is 14.1. The summed E-state index contributed by atoms with van der Waals surface area (Å²) >= 11 is 0. The summed E-state index contributed by atoms with van der Waals surface area (Å²) in [5, 5.41) is 0. The van der Waals surface area contributed by atoms with Gasteiger partial charge < -0.3 is 9.80 Å². The van der Waals surface area contributed by atoms with Gasteiger partial charge in [-0.15, -0.1) is 0 Å². The van der Waals surface area contributed by atoms with Gasteiger partial charge in [0, 0.05) is 25.2 Å². The van der Waals surface area contributed by atoms with Gasteiger partial charge in [-0.05, 0) is 43.4 Å². The monoisotopic (exact) mass is 300 g/mol. The number of amides is 1. The summed E-state index contributed by atoms with van der Waals surface area (Å²) in [6.07, 6.45) is 4.01. The van der Waals surface area contributed by atoms with Gasteiger partial charge in [0.25, 0.3) is 0 Å². The molecule has 3 heteroatoms. The fourth-order valence-corrected chi connectivity index (χ4v) is 4.05. The summed E-state index contributed by atoms with van der Waals surface area (Å²) < 4.78 is 0. The van der Waals surface area contributed by atoms with Crippen LogP contribution >= 0.6 is 0 Å². The minimum absolute atomic E-state index is 0.317. The number of carbonyl (C=O) groups excluding carboxylic acids is 1. The maximum absolute atomic E-state index is 12.7. The minimum Gasteiger partial charge on any atom is -0.334 e. The highest BCUT2D eigenvalue weighted by Gasteiger charge is 2.41. The molecule has 0 saturated carbocycles. The van der Waals surface area contributed by atoms with Gasteiger partial charge in [0.15, 0.2) is 0 Å². The first-order valence-electron chi connectivity index (χ1n) is 8.60. The number of likely N-dealkylation sites (N-methyl/N-ethyl adjacent to an activating group) is 1. The Morgan fingerprint density at radius 3 is 2.18 bits per heavy atom. The molecule has 2 saturated heterocycles. The molecule has 0 radical (unpaired) electrons. The highest BCUT2D eigenvalue weighted by atomic mass is 16.2. The number of hydrogen-bond donors (Lipinski definition) is 0. The third-order valence-electron chi connectivity index (χ3n) is 4.97. The molecule has 1 amide bonds. The lowest BCUT2D eigenvalue weighted by molar-refractivity contribution is -0.135. The van der Waals surface area contributed by atoms with Crippen LogP contribution in [0.1, 0.15) is 37.8 Å². The Balaban J connectivity index is 1.62. The van der Waals surface area contributed by atoms with Crippen LogP contribution in [0.2, 0.25) is 0 Å². The van der Waals surface area contributed by atoms with E-state index in [1.807, 2.05) is 0 Å². The minimum atomic E-state index is 0.317. The van der Waals surface area contributed by atoms with Crippen LogP contribution in [0.25, 0.3) is 0 Å². The molecule has 120 valence electrons. The van der Waals surface area contributed by atoms with Gasteiger partial charge in [0.1, 0.15) is 0 Å². The highest BCUT2D eigenvalue weighted by molar-refractivity contribution is 5.80. The predicted molar refractivity (Wildman–Crippen MR) is 89.8 cm³/mol. The molecule has 0 aromatic heterocycles. The van der Waals surface area contributed by atoms with E-state index in [-0.39, 0.29) is 0 Å². The van der Waals surface area contributed by atoms with E-state index in [0.717, 1.165) is 25.1 Å². The molecule has 22 heavy (non-hydrogen) atoms. The normalized spacial score (nSPS) is 25.0. The van der Waals surface area contributed by atoms with E-state index in [4.69, 9.17) is 0 Å². The van der Waals surface area contributed by atoms with Crippen LogP contribution in [0.3, 0.4) is 0 Å². The fraction of sp³-hybridized carbons (Fsp3) is 0.632. The van der Waals surface area contributed by atoms with E-state index in [0.29, 0.717) is 30.3 Å². The third-order valence-corrected chi connectivity index (χ3v) is 4.97. The molecule has 2 heterocycles. The van der Waals surface area contributed by atoms with E-state index >= 15 is 0 Å². The van der Waals surface area contributed by atoms with Gasteiger partial charge in [-0.3, -0.25) is 4.79 Å². The van der Waals surface area contributed by atoms with Gasteiger partial charge in [-0.1, -0.05) is 38.1 Å². The van der Waals surface area contributed by atoms with Crippen molar-refractivity contribution in [3.63, 3.8) is 0 Å². The molecule has 2 atom stereocenters. The molecule has 2 bridgehead atoms. The highest BCUT2D eigenvalue weighted by Crippen LogP contribution is 2.30. The van der Waals surface area contributed by atoms with Crippen LogP contribution in [0.4, 0.5) is 0 Å². The van der Waals surface area contributed by atoms with E-state index in [9.17, 15) is 4.79 Å². The van der Waals surface area contributed by atoms with Crippen molar-refractivity contribution in [2.45, 2.75) is 51.6 Å². The van der Waals surface area contributed by atoms with Crippen LogP contribution in [0, 0.1) is 5.92 Å².